The summed E-state index contributed by atoms with van der Waals surface area (Å²) in [5.74, 6) is 0.283. The van der Waals surface area contributed by atoms with Crippen LogP contribution in [0, 0.1) is 0 Å². The molecule has 2 rings (SSSR count). The number of rotatable bonds is 4. The third-order valence-corrected chi connectivity index (χ3v) is 3.61. The number of aromatic nitrogens is 2. The van der Waals surface area contributed by atoms with Gasteiger partial charge in [0.05, 0.1) is 25.1 Å². The van der Waals surface area contributed by atoms with Gasteiger partial charge in [-0.1, -0.05) is 0 Å². The molecule has 1 aliphatic rings. The normalized spacial score (nSPS) is 17.0. The summed E-state index contributed by atoms with van der Waals surface area (Å²) in [6.07, 6.45) is 2.31. The highest BCUT2D eigenvalue weighted by Gasteiger charge is 2.40. The maximum atomic E-state index is 12.5. The van der Waals surface area contributed by atoms with Crippen LogP contribution in [-0.4, -0.2) is 53.5 Å². The Bertz CT molecular complexity index is 581. The van der Waals surface area contributed by atoms with Crippen LogP contribution in [0.3, 0.4) is 0 Å². The summed E-state index contributed by atoms with van der Waals surface area (Å²) in [5.41, 5.74) is 0.733. The molecule has 2 amide bonds. The summed E-state index contributed by atoms with van der Waals surface area (Å²) in [7, 11) is 1.43. The number of carbonyl (C=O) groups excluding carboxylic acids is 2. The highest BCUT2D eigenvalue weighted by atomic mass is 32.2. The fourth-order valence-corrected chi connectivity index (χ4v) is 2.71. The molecule has 120 valence electrons. The number of nitrogens with zero attached hydrogens (tertiary/aromatic N) is 3. The fraction of sp³-hybridized carbons (Fsp3) is 0.538. The number of nitrogens with one attached hydrogen (secondary N) is 1. The Hall–Kier alpha value is -2.03. The van der Waals surface area contributed by atoms with Crippen LogP contribution in [-0.2, 0) is 9.53 Å². The minimum atomic E-state index is -0.702. The summed E-state index contributed by atoms with van der Waals surface area (Å²) >= 11 is 1.45. The minimum absolute atomic E-state index is 0.157. The summed E-state index contributed by atoms with van der Waals surface area (Å²) in [6.45, 7) is 3.49. The van der Waals surface area contributed by atoms with E-state index in [-0.39, 0.29) is 17.9 Å². The number of hydrogen-bond donors (Lipinski definition) is 1. The molecule has 0 saturated carbocycles. The summed E-state index contributed by atoms with van der Waals surface area (Å²) in [5, 5.41) is 10.3. The molecule has 0 aliphatic carbocycles. The first-order valence-electron chi connectivity index (χ1n) is 6.68. The van der Waals surface area contributed by atoms with Gasteiger partial charge in [0.25, 0.3) is 5.88 Å². The standard InChI is InChI=1S/C13H18N4O4S/c1-7(2)21-13(19)17-9(6-22-4)11(18)15-8-5-14-16-12(20-3)10(8)17/h5,7,9H,6H2,1-4H3,(H,15,18). The first-order valence-corrected chi connectivity index (χ1v) is 8.08. The van der Waals surface area contributed by atoms with Crippen molar-refractivity contribution < 1.29 is 19.1 Å². The molecule has 8 nitrogen and oxygen atoms in total. The van der Waals surface area contributed by atoms with Crippen molar-refractivity contribution in [2.75, 3.05) is 29.3 Å². The minimum Gasteiger partial charge on any atom is -0.478 e. The lowest BCUT2D eigenvalue weighted by molar-refractivity contribution is -0.117. The van der Waals surface area contributed by atoms with E-state index in [1.807, 2.05) is 6.26 Å². The van der Waals surface area contributed by atoms with Gasteiger partial charge in [-0.15, -0.1) is 5.10 Å². The van der Waals surface area contributed by atoms with Gasteiger partial charge < -0.3 is 14.8 Å². The van der Waals surface area contributed by atoms with Crippen molar-refractivity contribution in [2.24, 2.45) is 0 Å². The van der Waals surface area contributed by atoms with Crippen LogP contribution in [0.2, 0.25) is 0 Å². The fourth-order valence-electron chi connectivity index (χ4n) is 2.10. The summed E-state index contributed by atoms with van der Waals surface area (Å²) < 4.78 is 10.4. The second kappa shape index (κ2) is 6.82. The SMILES string of the molecule is COc1nncc2c1N(C(=O)OC(C)C)C(CSC)C(=O)N2. The van der Waals surface area contributed by atoms with Gasteiger partial charge in [0.2, 0.25) is 5.91 Å². The molecular weight excluding hydrogens is 308 g/mol. The molecule has 0 bridgehead atoms. The van der Waals surface area contributed by atoms with E-state index in [9.17, 15) is 9.59 Å². The van der Waals surface area contributed by atoms with Gasteiger partial charge in [-0.3, -0.25) is 9.69 Å². The van der Waals surface area contributed by atoms with Gasteiger partial charge >= 0.3 is 6.09 Å². The smallest absolute Gasteiger partial charge is 0.415 e. The second-order valence-electron chi connectivity index (χ2n) is 4.88. The molecule has 22 heavy (non-hydrogen) atoms. The van der Waals surface area contributed by atoms with Crippen LogP contribution >= 0.6 is 11.8 Å². The first kappa shape index (κ1) is 16.3. The average Bonchev–Trinajstić information content (AvgIpc) is 2.46. The molecule has 0 spiro atoms. The number of amides is 2. The molecule has 1 unspecified atom stereocenters. The van der Waals surface area contributed by atoms with E-state index < -0.39 is 12.1 Å². The molecule has 1 aromatic heterocycles. The number of anilines is 2. The number of carbonyl (C=O) groups is 2. The molecule has 9 heteroatoms. The Labute approximate surface area is 132 Å². The largest absolute Gasteiger partial charge is 0.478 e. The molecule has 1 atom stereocenters. The zero-order valence-corrected chi connectivity index (χ0v) is 13.6. The molecule has 2 heterocycles. The Kier molecular flexibility index (Phi) is 5.07. The highest BCUT2D eigenvalue weighted by Crippen LogP contribution is 2.39. The number of fused-ring (bicyclic) bond motifs is 1. The van der Waals surface area contributed by atoms with Gasteiger partial charge in [0, 0.05) is 5.75 Å². The Morgan fingerprint density at radius 1 is 1.55 bits per heavy atom. The molecule has 1 N–H and O–H groups in total. The zero-order chi connectivity index (χ0) is 16.3. The van der Waals surface area contributed by atoms with Crippen LogP contribution in [0.1, 0.15) is 13.8 Å². The van der Waals surface area contributed by atoms with Crippen molar-refractivity contribution in [3.8, 4) is 5.88 Å². The molecular formula is C13H18N4O4S. The van der Waals surface area contributed by atoms with Crippen molar-refractivity contribution in [1.29, 1.82) is 0 Å². The van der Waals surface area contributed by atoms with E-state index in [0.717, 1.165) is 0 Å². The van der Waals surface area contributed by atoms with Crippen molar-refractivity contribution in [1.82, 2.24) is 10.2 Å². The van der Waals surface area contributed by atoms with Crippen LogP contribution in [0.25, 0.3) is 0 Å². The molecule has 0 radical (unpaired) electrons. The molecule has 0 saturated heterocycles. The lowest BCUT2D eigenvalue weighted by Gasteiger charge is -2.35. The van der Waals surface area contributed by atoms with E-state index >= 15 is 0 Å². The third kappa shape index (κ3) is 3.08. The highest BCUT2D eigenvalue weighted by molar-refractivity contribution is 7.98. The lowest BCUT2D eigenvalue weighted by atomic mass is 10.1. The molecule has 1 aromatic rings. The Balaban J connectivity index is 2.52. The molecule has 0 aromatic carbocycles. The van der Waals surface area contributed by atoms with Crippen LogP contribution in [0.15, 0.2) is 6.20 Å². The van der Waals surface area contributed by atoms with Gasteiger partial charge in [0.1, 0.15) is 11.7 Å². The Morgan fingerprint density at radius 2 is 2.27 bits per heavy atom. The quantitative estimate of drug-likeness (QED) is 0.896. The average molecular weight is 326 g/mol. The van der Waals surface area contributed by atoms with Gasteiger partial charge in [-0.2, -0.15) is 16.9 Å². The summed E-state index contributed by atoms with van der Waals surface area (Å²) in [6, 6.07) is -0.702. The van der Waals surface area contributed by atoms with Crippen molar-refractivity contribution >= 4 is 35.1 Å². The second-order valence-corrected chi connectivity index (χ2v) is 5.79. The van der Waals surface area contributed by atoms with Gasteiger partial charge in [-0.25, -0.2) is 4.79 Å². The zero-order valence-electron chi connectivity index (χ0n) is 12.8. The molecule has 1 aliphatic heterocycles. The van der Waals surface area contributed by atoms with E-state index in [1.165, 1.54) is 30.0 Å². The molecule has 0 fully saturated rings. The summed E-state index contributed by atoms with van der Waals surface area (Å²) in [4.78, 5) is 26.1. The maximum Gasteiger partial charge on any atom is 0.415 e. The number of methoxy groups -OCH3 is 1. The number of hydrogen-bond acceptors (Lipinski definition) is 7. The van der Waals surface area contributed by atoms with Gasteiger partial charge in [0.15, 0.2) is 0 Å². The van der Waals surface area contributed by atoms with Crippen molar-refractivity contribution in [2.45, 2.75) is 26.0 Å². The Morgan fingerprint density at radius 3 is 2.86 bits per heavy atom. The third-order valence-electron chi connectivity index (χ3n) is 2.96. The van der Waals surface area contributed by atoms with E-state index in [0.29, 0.717) is 17.1 Å². The lowest BCUT2D eigenvalue weighted by Crippen LogP contribution is -2.53. The van der Waals surface area contributed by atoms with E-state index in [1.54, 1.807) is 13.8 Å². The monoisotopic (exact) mass is 326 g/mol. The first-order chi connectivity index (χ1) is 10.5. The van der Waals surface area contributed by atoms with Crippen LogP contribution in [0.4, 0.5) is 16.2 Å². The topological polar surface area (TPSA) is 93.7 Å². The predicted molar refractivity (Wildman–Crippen MR) is 83.5 cm³/mol. The van der Waals surface area contributed by atoms with Crippen LogP contribution in [0.5, 0.6) is 5.88 Å². The predicted octanol–water partition coefficient (Wildman–Crippen LogP) is 1.52. The number of thioether (sulfide) groups is 1. The number of ether oxygens (including phenoxy) is 2. The van der Waals surface area contributed by atoms with Gasteiger partial charge in [-0.05, 0) is 20.1 Å². The van der Waals surface area contributed by atoms with E-state index in [2.05, 4.69) is 15.5 Å². The van der Waals surface area contributed by atoms with Crippen LogP contribution < -0.4 is 15.0 Å². The van der Waals surface area contributed by atoms with Crippen molar-refractivity contribution in [3.05, 3.63) is 6.20 Å². The maximum absolute atomic E-state index is 12.5. The van der Waals surface area contributed by atoms with E-state index in [4.69, 9.17) is 9.47 Å². The van der Waals surface area contributed by atoms with Crippen molar-refractivity contribution in [3.63, 3.8) is 0 Å².